The van der Waals surface area contributed by atoms with Crippen molar-refractivity contribution in [3.05, 3.63) is 42.7 Å². The van der Waals surface area contributed by atoms with Gasteiger partial charge in [0.25, 0.3) is 0 Å². The van der Waals surface area contributed by atoms with Gasteiger partial charge in [-0.25, -0.2) is 15.0 Å². The van der Waals surface area contributed by atoms with Gasteiger partial charge in [-0.2, -0.15) is 0 Å². The first kappa shape index (κ1) is 17.5. The van der Waals surface area contributed by atoms with Gasteiger partial charge in [0.15, 0.2) is 0 Å². The maximum absolute atomic E-state index is 4.71. The molecule has 1 atom stereocenters. The molecule has 6 rings (SSSR count). The van der Waals surface area contributed by atoms with E-state index < -0.39 is 0 Å². The second-order valence-electron chi connectivity index (χ2n) is 8.16. The Bertz CT molecular complexity index is 1180. The minimum Gasteiger partial charge on any atom is -0.345 e. The fourth-order valence-electron chi connectivity index (χ4n) is 4.32. The second-order valence-corrected chi connectivity index (χ2v) is 8.16. The molecule has 0 amide bonds. The number of imidazole rings is 2. The zero-order valence-corrected chi connectivity index (χ0v) is 16.8. The molecule has 2 aliphatic rings. The summed E-state index contributed by atoms with van der Waals surface area (Å²) in [6, 6.07) is 4.62. The van der Waals surface area contributed by atoms with E-state index in [1.54, 1.807) is 12.5 Å². The smallest absolute Gasteiger partial charge is 0.245 e. The van der Waals surface area contributed by atoms with Crippen molar-refractivity contribution in [1.29, 1.82) is 0 Å². The lowest BCUT2D eigenvalue weighted by atomic mass is 10.1. The van der Waals surface area contributed by atoms with Crippen LogP contribution in [0, 0.1) is 12.8 Å². The molecule has 2 N–H and O–H groups in total. The number of anilines is 1. The molecule has 30 heavy (non-hydrogen) atoms. The van der Waals surface area contributed by atoms with Gasteiger partial charge in [0.05, 0.1) is 35.8 Å². The van der Waals surface area contributed by atoms with Gasteiger partial charge in [-0.3, -0.25) is 4.40 Å². The van der Waals surface area contributed by atoms with E-state index in [0.29, 0.717) is 12.0 Å². The van der Waals surface area contributed by atoms with Gasteiger partial charge in [-0.05, 0) is 37.8 Å². The number of H-pyrrole nitrogens is 1. The number of aromatic nitrogens is 7. The minimum atomic E-state index is 0.547. The van der Waals surface area contributed by atoms with Crippen molar-refractivity contribution in [3.8, 4) is 22.6 Å². The Kier molecular flexibility index (Phi) is 4.02. The predicted octanol–water partition coefficient (Wildman–Crippen LogP) is 2.07. The number of nitrogens with one attached hydrogen (secondary N) is 2. The molecule has 1 saturated heterocycles. The van der Waals surface area contributed by atoms with Crippen LogP contribution in [0.5, 0.6) is 0 Å². The van der Waals surface area contributed by atoms with Crippen LogP contribution < -0.4 is 10.2 Å². The highest BCUT2D eigenvalue weighted by atomic mass is 15.3. The van der Waals surface area contributed by atoms with Crippen molar-refractivity contribution in [2.75, 3.05) is 24.5 Å². The average molecular weight is 401 g/mol. The number of piperazine rings is 1. The molecule has 2 fully saturated rings. The molecule has 0 radical (unpaired) electrons. The van der Waals surface area contributed by atoms with E-state index in [-0.39, 0.29) is 0 Å². The molecule has 1 unspecified atom stereocenters. The summed E-state index contributed by atoms with van der Waals surface area (Å²) in [5.74, 6) is 1.52. The molecule has 0 bridgehead atoms. The second kappa shape index (κ2) is 6.88. The van der Waals surface area contributed by atoms with E-state index >= 15 is 0 Å². The Balaban J connectivity index is 1.33. The Labute approximate surface area is 173 Å². The zero-order chi connectivity index (χ0) is 20.1. The molecule has 9 heteroatoms. The quantitative estimate of drug-likeness (QED) is 0.540. The van der Waals surface area contributed by atoms with Crippen LogP contribution in [0.4, 0.5) is 5.95 Å². The number of rotatable bonds is 4. The highest BCUT2D eigenvalue weighted by Gasteiger charge is 2.34. The zero-order valence-electron chi connectivity index (χ0n) is 16.8. The standard InChI is InChI=1S/C21H23N9/c1-13-10-30-19(5-4-15(20(30)26-13)16-8-22-12-25-16)17-9-24-21(28-27-17)29-7-6-23-18(11-29)14-2-3-14/h4-5,8-10,12,14,18,23H,2-3,6-7,11H2,1H3,(H,22,25). The number of aryl methyl sites for hydroxylation is 1. The fourth-order valence-corrected chi connectivity index (χ4v) is 4.32. The van der Waals surface area contributed by atoms with E-state index in [1.165, 1.54) is 12.8 Å². The minimum absolute atomic E-state index is 0.547. The molecule has 1 aliphatic heterocycles. The summed E-state index contributed by atoms with van der Waals surface area (Å²) in [5, 5.41) is 12.6. The van der Waals surface area contributed by atoms with Crippen LogP contribution in [0.3, 0.4) is 0 Å². The molecule has 1 aliphatic carbocycles. The number of aromatic amines is 1. The third-order valence-corrected chi connectivity index (χ3v) is 6.01. The van der Waals surface area contributed by atoms with Crippen LogP contribution in [-0.4, -0.2) is 60.2 Å². The van der Waals surface area contributed by atoms with Gasteiger partial charge in [0.1, 0.15) is 11.3 Å². The first-order valence-electron chi connectivity index (χ1n) is 10.4. The number of hydrogen-bond acceptors (Lipinski definition) is 7. The summed E-state index contributed by atoms with van der Waals surface area (Å²) in [7, 11) is 0. The van der Waals surface area contributed by atoms with Crippen LogP contribution in [0.1, 0.15) is 18.5 Å². The van der Waals surface area contributed by atoms with E-state index in [1.807, 2.05) is 35.9 Å². The summed E-state index contributed by atoms with van der Waals surface area (Å²) < 4.78 is 2.05. The van der Waals surface area contributed by atoms with Crippen molar-refractivity contribution in [2.45, 2.75) is 25.8 Å². The van der Waals surface area contributed by atoms with Gasteiger partial charge in [-0.1, -0.05) is 0 Å². The van der Waals surface area contributed by atoms with Gasteiger partial charge >= 0.3 is 0 Å². The van der Waals surface area contributed by atoms with Gasteiger partial charge < -0.3 is 15.2 Å². The first-order valence-corrected chi connectivity index (χ1v) is 10.4. The molecular weight excluding hydrogens is 378 g/mol. The molecule has 0 spiro atoms. The van der Waals surface area contributed by atoms with Crippen molar-refractivity contribution < 1.29 is 0 Å². The third-order valence-electron chi connectivity index (χ3n) is 6.01. The predicted molar refractivity (Wildman–Crippen MR) is 113 cm³/mol. The molecule has 4 aromatic rings. The van der Waals surface area contributed by atoms with Crippen LogP contribution >= 0.6 is 0 Å². The first-order chi connectivity index (χ1) is 14.8. The molecule has 152 valence electrons. The Morgan fingerprint density at radius 2 is 2.07 bits per heavy atom. The lowest BCUT2D eigenvalue weighted by molar-refractivity contribution is 0.414. The molecule has 4 aromatic heterocycles. The summed E-state index contributed by atoms with van der Waals surface area (Å²) in [6.07, 6.45) is 9.97. The summed E-state index contributed by atoms with van der Waals surface area (Å²) in [6.45, 7) is 4.82. The van der Waals surface area contributed by atoms with Gasteiger partial charge in [-0.15, -0.1) is 10.2 Å². The van der Waals surface area contributed by atoms with Gasteiger partial charge in [0.2, 0.25) is 5.95 Å². The van der Waals surface area contributed by atoms with Crippen molar-refractivity contribution in [1.82, 2.24) is 39.9 Å². The van der Waals surface area contributed by atoms with Crippen LogP contribution in [0.15, 0.2) is 37.1 Å². The Morgan fingerprint density at radius 1 is 1.13 bits per heavy atom. The van der Waals surface area contributed by atoms with Gasteiger partial charge in [0, 0.05) is 37.4 Å². The number of pyridine rings is 1. The number of fused-ring (bicyclic) bond motifs is 1. The van der Waals surface area contributed by atoms with Crippen LogP contribution in [0.2, 0.25) is 0 Å². The van der Waals surface area contributed by atoms with Crippen LogP contribution in [0.25, 0.3) is 28.3 Å². The Hall–Kier alpha value is -3.33. The summed E-state index contributed by atoms with van der Waals surface area (Å²) >= 11 is 0. The number of nitrogens with zero attached hydrogens (tertiary/aromatic N) is 7. The summed E-state index contributed by atoms with van der Waals surface area (Å²) in [5.41, 5.74) is 5.36. The molecular formula is C21H23N9. The number of hydrogen-bond donors (Lipinski definition) is 2. The van der Waals surface area contributed by atoms with Crippen molar-refractivity contribution >= 4 is 11.6 Å². The average Bonchev–Trinajstić information content (AvgIpc) is 3.34. The molecule has 5 heterocycles. The maximum atomic E-state index is 4.71. The highest BCUT2D eigenvalue weighted by Crippen LogP contribution is 2.34. The molecule has 0 aromatic carbocycles. The van der Waals surface area contributed by atoms with E-state index in [4.69, 9.17) is 4.98 Å². The topological polar surface area (TPSA) is 99.9 Å². The largest absolute Gasteiger partial charge is 0.345 e. The summed E-state index contributed by atoms with van der Waals surface area (Å²) in [4.78, 5) is 18.9. The normalized spacial score (nSPS) is 19.5. The maximum Gasteiger partial charge on any atom is 0.245 e. The van der Waals surface area contributed by atoms with Crippen molar-refractivity contribution in [3.63, 3.8) is 0 Å². The molecule has 9 nitrogen and oxygen atoms in total. The fraction of sp³-hybridized carbons (Fsp3) is 0.381. The third kappa shape index (κ3) is 3.02. The lowest BCUT2D eigenvalue weighted by Crippen LogP contribution is -2.52. The van der Waals surface area contributed by atoms with Crippen LogP contribution in [-0.2, 0) is 0 Å². The lowest BCUT2D eigenvalue weighted by Gasteiger charge is -2.33. The monoisotopic (exact) mass is 401 g/mol. The molecule has 1 saturated carbocycles. The van der Waals surface area contributed by atoms with Crippen molar-refractivity contribution in [2.24, 2.45) is 5.92 Å². The Morgan fingerprint density at radius 3 is 2.83 bits per heavy atom. The van der Waals surface area contributed by atoms with E-state index in [2.05, 4.69) is 35.4 Å². The SMILES string of the molecule is Cc1cn2c(-c3cnc(N4CCNC(C5CC5)C4)nn3)ccc(-c3cnc[nH]3)c2n1. The van der Waals surface area contributed by atoms with E-state index in [0.717, 1.165) is 59.5 Å². The highest BCUT2D eigenvalue weighted by molar-refractivity contribution is 5.78. The van der Waals surface area contributed by atoms with E-state index in [9.17, 15) is 0 Å².